The van der Waals surface area contributed by atoms with Gasteiger partial charge in [-0.15, -0.1) is 0 Å². The number of hydrogen-bond acceptors (Lipinski definition) is 6. The van der Waals surface area contributed by atoms with Gasteiger partial charge in [0.2, 0.25) is 5.91 Å². The fourth-order valence-electron chi connectivity index (χ4n) is 3.65. The normalized spacial score (nSPS) is 10.9. The number of fused-ring (bicyclic) bond motifs is 1. The van der Waals surface area contributed by atoms with Gasteiger partial charge in [0.05, 0.1) is 24.1 Å². The van der Waals surface area contributed by atoms with Gasteiger partial charge in [0.25, 0.3) is 5.56 Å². The summed E-state index contributed by atoms with van der Waals surface area (Å²) in [5.41, 5.74) is 2.03. The van der Waals surface area contributed by atoms with Gasteiger partial charge in [-0.3, -0.25) is 14.2 Å². The molecule has 180 valence electrons. The van der Waals surface area contributed by atoms with E-state index in [9.17, 15) is 14.4 Å². The van der Waals surface area contributed by atoms with Crippen LogP contribution in [0.4, 0.5) is 5.69 Å². The summed E-state index contributed by atoms with van der Waals surface area (Å²) in [4.78, 5) is 42.1. The van der Waals surface area contributed by atoms with Crippen LogP contribution >= 0.6 is 0 Å². The molecule has 2 aromatic heterocycles. The zero-order chi connectivity index (χ0) is 24.8. The maximum absolute atomic E-state index is 13.1. The molecule has 35 heavy (non-hydrogen) atoms. The lowest BCUT2D eigenvalue weighted by atomic mass is 10.2. The fourth-order valence-corrected chi connectivity index (χ4v) is 3.65. The van der Waals surface area contributed by atoms with Gasteiger partial charge in [-0.1, -0.05) is 31.5 Å². The van der Waals surface area contributed by atoms with E-state index in [1.54, 1.807) is 35.9 Å². The van der Waals surface area contributed by atoms with Crippen LogP contribution in [0.1, 0.15) is 42.4 Å². The monoisotopic (exact) mass is 473 g/mol. The van der Waals surface area contributed by atoms with E-state index in [-0.39, 0.29) is 30.4 Å². The predicted molar refractivity (Wildman–Crippen MR) is 133 cm³/mol. The lowest BCUT2D eigenvalue weighted by molar-refractivity contribution is -0.116. The summed E-state index contributed by atoms with van der Waals surface area (Å²) < 4.78 is 8.30. The van der Waals surface area contributed by atoms with Crippen LogP contribution in [0.2, 0.25) is 0 Å². The molecule has 9 heteroatoms. The van der Waals surface area contributed by atoms with E-state index >= 15 is 0 Å². The number of nitrogens with zero attached hydrogens (tertiary/aromatic N) is 4. The van der Waals surface area contributed by atoms with Crippen molar-refractivity contribution in [2.24, 2.45) is 0 Å². The third kappa shape index (κ3) is 5.46. The summed E-state index contributed by atoms with van der Waals surface area (Å²) in [6.07, 6.45) is 3.36. The number of aromatic nitrogens is 4. The summed E-state index contributed by atoms with van der Waals surface area (Å²) in [6, 6.07) is 16.0. The Labute approximate surface area is 202 Å². The second kappa shape index (κ2) is 10.8. The average molecular weight is 474 g/mol. The van der Waals surface area contributed by atoms with Gasteiger partial charge >= 0.3 is 5.97 Å². The molecular formula is C26H27N5O4. The first-order valence-corrected chi connectivity index (χ1v) is 11.6. The number of amides is 1. The molecule has 2 aromatic carbocycles. The van der Waals surface area contributed by atoms with Gasteiger partial charge in [-0.25, -0.2) is 14.5 Å². The van der Waals surface area contributed by atoms with Crippen molar-refractivity contribution in [2.75, 3.05) is 11.9 Å². The number of ether oxygens (including phenoxy) is 1. The van der Waals surface area contributed by atoms with Crippen molar-refractivity contribution in [1.82, 2.24) is 19.3 Å². The minimum Gasteiger partial charge on any atom is -0.462 e. The number of hydrogen-bond donors (Lipinski definition) is 1. The Bertz CT molecular complexity index is 1390. The van der Waals surface area contributed by atoms with Crippen molar-refractivity contribution in [1.29, 1.82) is 0 Å². The highest BCUT2D eigenvalue weighted by Crippen LogP contribution is 2.15. The highest BCUT2D eigenvalue weighted by Gasteiger charge is 2.15. The second-order valence-electron chi connectivity index (χ2n) is 8.11. The number of para-hydroxylation sites is 1. The van der Waals surface area contributed by atoms with Crippen molar-refractivity contribution in [3.8, 4) is 5.69 Å². The van der Waals surface area contributed by atoms with Gasteiger partial charge in [0.1, 0.15) is 11.2 Å². The van der Waals surface area contributed by atoms with Crippen LogP contribution in [-0.4, -0.2) is 37.8 Å². The van der Waals surface area contributed by atoms with Gasteiger partial charge in [0, 0.05) is 18.7 Å². The molecule has 0 aliphatic heterocycles. The van der Waals surface area contributed by atoms with Crippen molar-refractivity contribution in [2.45, 2.75) is 39.7 Å². The number of esters is 1. The lowest BCUT2D eigenvalue weighted by Crippen LogP contribution is -2.26. The number of unbranched alkanes of at least 4 members (excludes halogenated alkanes) is 1. The van der Waals surface area contributed by atoms with Crippen molar-refractivity contribution < 1.29 is 14.3 Å². The number of benzene rings is 2. The first-order valence-electron chi connectivity index (χ1n) is 11.6. The maximum atomic E-state index is 13.1. The average Bonchev–Trinajstić information content (AvgIpc) is 3.29. The maximum Gasteiger partial charge on any atom is 0.338 e. The fraction of sp³-hybridized carbons (Fsp3) is 0.269. The van der Waals surface area contributed by atoms with E-state index in [4.69, 9.17) is 4.74 Å². The number of nitrogens with one attached hydrogen (secondary N) is 1. The van der Waals surface area contributed by atoms with E-state index in [2.05, 4.69) is 15.4 Å². The molecule has 2 heterocycles. The molecule has 0 unspecified atom stereocenters. The summed E-state index contributed by atoms with van der Waals surface area (Å²) in [5, 5.41) is 7.51. The Kier molecular flexibility index (Phi) is 7.35. The van der Waals surface area contributed by atoms with E-state index in [1.165, 1.54) is 10.8 Å². The van der Waals surface area contributed by atoms with E-state index in [0.29, 0.717) is 34.7 Å². The molecule has 0 spiro atoms. The number of anilines is 1. The van der Waals surface area contributed by atoms with Gasteiger partial charge in [0.15, 0.2) is 5.65 Å². The first kappa shape index (κ1) is 23.9. The minimum absolute atomic E-state index is 0.0849. The molecule has 0 saturated carbocycles. The number of carbonyl (C=O) groups is 2. The van der Waals surface area contributed by atoms with Crippen LogP contribution < -0.4 is 10.9 Å². The molecule has 0 radical (unpaired) electrons. The highest BCUT2D eigenvalue weighted by molar-refractivity contribution is 5.93. The van der Waals surface area contributed by atoms with E-state index < -0.39 is 0 Å². The van der Waals surface area contributed by atoms with Gasteiger partial charge in [-0.05, 0) is 49.7 Å². The molecule has 0 fully saturated rings. The Morgan fingerprint density at radius 3 is 2.51 bits per heavy atom. The number of carbonyl (C=O) groups excluding carboxylic acids is 2. The van der Waals surface area contributed by atoms with Crippen LogP contribution in [0, 0.1) is 6.92 Å². The molecule has 0 aliphatic carbocycles. The van der Waals surface area contributed by atoms with Crippen LogP contribution in [-0.2, 0) is 16.1 Å². The summed E-state index contributed by atoms with van der Waals surface area (Å²) >= 11 is 0. The van der Waals surface area contributed by atoms with Crippen LogP contribution in [0.5, 0.6) is 0 Å². The molecule has 0 atom stereocenters. The minimum atomic E-state index is -0.385. The highest BCUT2D eigenvalue weighted by atomic mass is 16.5. The largest absolute Gasteiger partial charge is 0.462 e. The molecule has 1 amide bonds. The van der Waals surface area contributed by atoms with Gasteiger partial charge in [-0.2, -0.15) is 5.10 Å². The summed E-state index contributed by atoms with van der Waals surface area (Å²) in [5.74, 6) is -0.141. The number of aryl methyl sites for hydroxylation is 1. The molecule has 0 bridgehead atoms. The smallest absolute Gasteiger partial charge is 0.338 e. The summed E-state index contributed by atoms with van der Waals surface area (Å²) in [6.45, 7) is 4.33. The lowest BCUT2D eigenvalue weighted by Gasteiger charge is -2.11. The molecule has 4 rings (SSSR count). The molecular weight excluding hydrogens is 446 g/mol. The Hall–Kier alpha value is -4.27. The van der Waals surface area contributed by atoms with Gasteiger partial charge < -0.3 is 10.1 Å². The van der Waals surface area contributed by atoms with Crippen LogP contribution in [0.15, 0.2) is 65.6 Å². The third-order valence-electron chi connectivity index (χ3n) is 5.58. The van der Waals surface area contributed by atoms with Crippen LogP contribution in [0.25, 0.3) is 16.7 Å². The topological polar surface area (TPSA) is 108 Å². The molecule has 9 nitrogen and oxygen atoms in total. The third-order valence-corrected chi connectivity index (χ3v) is 5.58. The van der Waals surface area contributed by atoms with Crippen molar-refractivity contribution >= 4 is 28.6 Å². The Morgan fingerprint density at radius 1 is 1.06 bits per heavy atom. The molecule has 0 saturated heterocycles. The van der Waals surface area contributed by atoms with Crippen LogP contribution in [0.3, 0.4) is 0 Å². The van der Waals surface area contributed by atoms with Crippen molar-refractivity contribution in [3.63, 3.8) is 0 Å². The van der Waals surface area contributed by atoms with E-state index in [0.717, 1.165) is 18.5 Å². The number of rotatable bonds is 9. The molecule has 0 aliphatic rings. The predicted octanol–water partition coefficient (Wildman–Crippen LogP) is 3.88. The molecule has 1 N–H and O–H groups in total. The summed E-state index contributed by atoms with van der Waals surface area (Å²) in [7, 11) is 0. The zero-order valence-electron chi connectivity index (χ0n) is 19.7. The SMILES string of the molecule is CCCCOC(=O)c1ccc(NC(=O)CCn2c(C)nc3c(cnn3-c3ccccc3)c2=O)cc1. The Balaban J connectivity index is 1.41. The van der Waals surface area contributed by atoms with E-state index in [1.807, 2.05) is 37.3 Å². The van der Waals surface area contributed by atoms with Crippen molar-refractivity contribution in [3.05, 3.63) is 82.5 Å². The standard InChI is InChI=1S/C26H27N5O4/c1-3-4-16-35-26(34)19-10-12-20(13-11-19)29-23(32)14-15-30-18(2)28-24-22(25(30)33)17-27-31(24)21-8-6-5-7-9-21/h5-13,17H,3-4,14-16H2,1-2H3,(H,29,32). The zero-order valence-corrected chi connectivity index (χ0v) is 19.7. The molecule has 4 aromatic rings. The quantitative estimate of drug-likeness (QED) is 0.292. The second-order valence-corrected chi connectivity index (χ2v) is 8.11. The Morgan fingerprint density at radius 2 is 1.80 bits per heavy atom. The first-order chi connectivity index (χ1) is 17.0.